The summed E-state index contributed by atoms with van der Waals surface area (Å²) < 4.78 is 46.5. The molecule has 0 heterocycles. The molecule has 0 bridgehead atoms. The minimum atomic E-state index is -2.27. The maximum absolute atomic E-state index is 12.8. The number of hydrogen-bond donors (Lipinski definition) is 2. The van der Waals surface area contributed by atoms with Gasteiger partial charge in [-0.2, -0.15) is 0 Å². The number of rotatable bonds is 1. The van der Waals surface area contributed by atoms with Crippen LogP contribution in [0.5, 0.6) is 0 Å². The van der Waals surface area contributed by atoms with Crippen molar-refractivity contribution in [3.8, 4) is 0 Å². The zero-order valence-electron chi connectivity index (χ0n) is 8.23. The monoisotopic (exact) mass is 161 g/mol. The van der Waals surface area contributed by atoms with Crippen LogP contribution in [0, 0.1) is 11.6 Å². The first-order valence-electron chi connectivity index (χ1n) is 4.18. The zero-order chi connectivity index (χ0) is 11.0. The summed E-state index contributed by atoms with van der Waals surface area (Å²) in [6, 6.07) is -3.11. The van der Waals surface area contributed by atoms with Crippen LogP contribution in [0.2, 0.25) is 0 Å². The van der Waals surface area contributed by atoms with E-state index in [1.165, 1.54) is 0 Å². The first-order chi connectivity index (χ1) is 6.37. The molecule has 0 aliphatic heterocycles. The van der Waals surface area contributed by atoms with Crippen molar-refractivity contribution >= 4 is 12.6 Å². The van der Waals surface area contributed by atoms with E-state index in [4.69, 9.17) is 14.2 Å². The van der Waals surface area contributed by atoms with Gasteiger partial charge in [0.1, 0.15) is 0 Å². The van der Waals surface area contributed by atoms with Gasteiger partial charge < -0.3 is 10.0 Å². The molecule has 1 aromatic carbocycles. The van der Waals surface area contributed by atoms with Gasteiger partial charge in [-0.15, -0.1) is 0 Å². The molecule has 0 aliphatic rings. The third kappa shape index (κ3) is 1.75. The van der Waals surface area contributed by atoms with Crippen LogP contribution in [0.4, 0.5) is 8.78 Å². The van der Waals surface area contributed by atoms with Crippen molar-refractivity contribution in [2.24, 2.45) is 0 Å². The topological polar surface area (TPSA) is 40.5 Å². The summed E-state index contributed by atoms with van der Waals surface area (Å²) in [6.07, 6.45) is 0. The highest BCUT2D eigenvalue weighted by atomic mass is 19.2. The maximum atomic E-state index is 12.8. The smallest absolute Gasteiger partial charge is 0.423 e. The molecule has 2 nitrogen and oxygen atoms in total. The number of benzene rings is 1. The molecule has 2 N–H and O–H groups in total. The Labute approximate surface area is 66.5 Å². The molecule has 0 atom stereocenters. The van der Waals surface area contributed by atoms with Gasteiger partial charge in [0.05, 0.1) is 4.11 Å². The minimum absolute atomic E-state index is 0.811. The molecular formula is C6H5BF2O2. The molecule has 0 aromatic heterocycles. The van der Waals surface area contributed by atoms with E-state index in [-0.39, 0.29) is 0 Å². The van der Waals surface area contributed by atoms with E-state index in [1.54, 1.807) is 0 Å². The fourth-order valence-corrected chi connectivity index (χ4v) is 0.511. The first kappa shape index (κ1) is 4.85. The van der Waals surface area contributed by atoms with Crippen LogP contribution in [-0.4, -0.2) is 17.2 Å². The summed E-state index contributed by atoms with van der Waals surface area (Å²) >= 11 is 0. The fourth-order valence-electron chi connectivity index (χ4n) is 0.511. The van der Waals surface area contributed by atoms with E-state index in [0.29, 0.717) is 0 Å². The Balaban J connectivity index is 3.60. The molecule has 0 saturated heterocycles. The first-order valence-corrected chi connectivity index (χ1v) is 2.68. The molecule has 0 saturated carbocycles. The van der Waals surface area contributed by atoms with Gasteiger partial charge in [0, 0.05) is 0 Å². The molecule has 1 aromatic rings. The van der Waals surface area contributed by atoms with Crippen molar-refractivity contribution in [3.63, 3.8) is 0 Å². The highest BCUT2D eigenvalue weighted by Crippen LogP contribution is 2.01. The summed E-state index contributed by atoms with van der Waals surface area (Å²) in [4.78, 5) is 0. The lowest BCUT2D eigenvalue weighted by Crippen LogP contribution is -2.30. The zero-order valence-corrected chi connectivity index (χ0v) is 5.23. The van der Waals surface area contributed by atoms with Crippen molar-refractivity contribution < 1.29 is 22.9 Å². The molecule has 11 heavy (non-hydrogen) atoms. The second-order valence-corrected chi connectivity index (χ2v) is 1.79. The van der Waals surface area contributed by atoms with Crippen molar-refractivity contribution in [1.82, 2.24) is 0 Å². The molecular weight excluding hydrogens is 153 g/mol. The van der Waals surface area contributed by atoms with E-state index >= 15 is 0 Å². The van der Waals surface area contributed by atoms with Crippen molar-refractivity contribution in [1.29, 1.82) is 0 Å². The predicted molar refractivity (Wildman–Crippen MR) is 36.2 cm³/mol. The molecule has 0 fully saturated rings. The van der Waals surface area contributed by atoms with Gasteiger partial charge >= 0.3 is 7.12 Å². The average Bonchev–Trinajstić information content (AvgIpc) is 2.11. The Kier molecular flexibility index (Phi) is 1.31. The van der Waals surface area contributed by atoms with Gasteiger partial charge in [0.25, 0.3) is 0 Å². The van der Waals surface area contributed by atoms with Crippen LogP contribution in [0.1, 0.15) is 4.11 Å². The van der Waals surface area contributed by atoms with Gasteiger partial charge in [-0.25, -0.2) is 8.78 Å². The van der Waals surface area contributed by atoms with Crippen molar-refractivity contribution in [2.75, 3.05) is 0 Å². The largest absolute Gasteiger partial charge is 0.488 e. The number of halogens is 2. The summed E-state index contributed by atoms with van der Waals surface area (Å²) in [5.74, 6) is -3.29. The highest BCUT2D eigenvalue weighted by Gasteiger charge is 2.12. The average molecular weight is 161 g/mol. The molecule has 0 spiro atoms. The second-order valence-electron chi connectivity index (χ2n) is 1.79. The Morgan fingerprint density at radius 1 is 1.27 bits per heavy atom. The van der Waals surface area contributed by atoms with Crippen molar-refractivity contribution in [3.05, 3.63) is 29.8 Å². The van der Waals surface area contributed by atoms with Crippen LogP contribution >= 0.6 is 0 Å². The van der Waals surface area contributed by atoms with Crippen LogP contribution < -0.4 is 5.46 Å². The van der Waals surface area contributed by atoms with Crippen LogP contribution in [0.3, 0.4) is 0 Å². The molecule has 5 heteroatoms. The number of hydrogen-bond acceptors (Lipinski definition) is 2. The molecule has 0 aliphatic carbocycles. The lowest BCUT2D eigenvalue weighted by Gasteiger charge is -1.98. The fraction of sp³-hybridized carbons (Fsp3) is 0. The third-order valence-corrected chi connectivity index (χ3v) is 1.00. The minimum Gasteiger partial charge on any atom is -0.423 e. The van der Waals surface area contributed by atoms with E-state index < -0.39 is 42.3 Å². The normalized spacial score (nSPS) is 13.6. The van der Waals surface area contributed by atoms with E-state index in [1.807, 2.05) is 0 Å². The third-order valence-electron chi connectivity index (χ3n) is 1.00. The molecule has 58 valence electrons. The Hall–Kier alpha value is -0.935. The lowest BCUT2D eigenvalue weighted by molar-refractivity contribution is 0.425. The lowest BCUT2D eigenvalue weighted by atomic mass is 9.80. The Bertz CT molecular complexity index is 357. The van der Waals surface area contributed by atoms with Crippen LogP contribution in [-0.2, 0) is 0 Å². The Morgan fingerprint density at radius 2 is 1.91 bits per heavy atom. The highest BCUT2D eigenvalue weighted by molar-refractivity contribution is 6.58. The summed E-state index contributed by atoms with van der Waals surface area (Å²) in [5.41, 5.74) is -0.811. The molecule has 0 unspecified atom stereocenters. The summed E-state index contributed by atoms with van der Waals surface area (Å²) in [7, 11) is -2.27. The summed E-state index contributed by atoms with van der Waals surface area (Å²) in [5, 5.41) is 17.3. The molecule has 0 radical (unpaired) electrons. The van der Waals surface area contributed by atoms with E-state index in [9.17, 15) is 8.78 Å². The second kappa shape index (κ2) is 2.98. The molecule has 0 amide bonds. The SMILES string of the molecule is [2H]c1c([2H])c(B(O)O)c([2H])c(F)c1F. The van der Waals surface area contributed by atoms with E-state index in [0.717, 1.165) is 0 Å². The van der Waals surface area contributed by atoms with Gasteiger partial charge in [-0.05, 0) is 17.5 Å². The van der Waals surface area contributed by atoms with Crippen molar-refractivity contribution in [2.45, 2.75) is 0 Å². The van der Waals surface area contributed by atoms with Crippen LogP contribution in [0.25, 0.3) is 0 Å². The maximum Gasteiger partial charge on any atom is 0.488 e. The quantitative estimate of drug-likeness (QED) is 0.552. The van der Waals surface area contributed by atoms with Gasteiger partial charge in [0.2, 0.25) is 0 Å². The van der Waals surface area contributed by atoms with E-state index in [2.05, 4.69) is 0 Å². The van der Waals surface area contributed by atoms with Gasteiger partial charge in [0.15, 0.2) is 11.6 Å². The summed E-state index contributed by atoms with van der Waals surface area (Å²) in [6.45, 7) is 0. The predicted octanol–water partition coefficient (Wildman–Crippen LogP) is -0.355. The standard InChI is InChI=1S/C6H5BF2O2/c8-5-2-1-4(7(10)11)3-6(5)9/h1-3,10-11H/i1D,2D,3D. The van der Waals surface area contributed by atoms with Crippen LogP contribution in [0.15, 0.2) is 18.1 Å². The van der Waals surface area contributed by atoms with Gasteiger partial charge in [-0.3, -0.25) is 0 Å². The molecule has 1 rings (SSSR count). The van der Waals surface area contributed by atoms with Gasteiger partial charge in [-0.1, -0.05) is 6.04 Å². The Morgan fingerprint density at radius 3 is 2.45 bits per heavy atom.